The van der Waals surface area contributed by atoms with Crippen molar-refractivity contribution in [1.82, 2.24) is 0 Å². The highest BCUT2D eigenvalue weighted by molar-refractivity contribution is 5.71. The molecule has 61 heavy (non-hydrogen) atoms. The van der Waals surface area contributed by atoms with Crippen LogP contribution in [-0.4, -0.2) is 37.2 Å². The summed E-state index contributed by atoms with van der Waals surface area (Å²) in [5.41, 5.74) is 0. The molecule has 6 heteroatoms. The van der Waals surface area contributed by atoms with E-state index >= 15 is 0 Å². The summed E-state index contributed by atoms with van der Waals surface area (Å²) in [7, 11) is 0. The van der Waals surface area contributed by atoms with Crippen LogP contribution >= 0.6 is 0 Å². The minimum absolute atomic E-state index is 0.0669. The maximum Gasteiger partial charge on any atom is 0.306 e. The average molecular weight is 861 g/mol. The number of hydrogen-bond acceptors (Lipinski definition) is 6. The van der Waals surface area contributed by atoms with Gasteiger partial charge in [0.2, 0.25) is 0 Å². The number of unbranched alkanes of at least 4 members (excludes halogenated alkanes) is 37. The molecule has 0 amide bonds. The molecule has 0 aliphatic carbocycles. The Kier molecular flexibility index (Phi) is 49.3. The van der Waals surface area contributed by atoms with Crippen LogP contribution in [0.15, 0.2) is 12.2 Å². The molecule has 0 aromatic heterocycles. The van der Waals surface area contributed by atoms with Crippen molar-refractivity contribution in [3.8, 4) is 0 Å². The monoisotopic (exact) mass is 861 g/mol. The number of hydrogen-bond donors (Lipinski definition) is 0. The van der Waals surface area contributed by atoms with Crippen molar-refractivity contribution in [1.29, 1.82) is 0 Å². The highest BCUT2D eigenvalue weighted by Crippen LogP contribution is 2.16. The van der Waals surface area contributed by atoms with Crippen LogP contribution in [0.4, 0.5) is 0 Å². The molecule has 0 rings (SSSR count). The molecular formula is C55H104O6. The van der Waals surface area contributed by atoms with Gasteiger partial charge >= 0.3 is 17.9 Å². The van der Waals surface area contributed by atoms with Gasteiger partial charge in [0.25, 0.3) is 0 Å². The molecule has 0 aliphatic heterocycles. The van der Waals surface area contributed by atoms with E-state index in [-0.39, 0.29) is 31.1 Å². The van der Waals surface area contributed by atoms with Crippen LogP contribution in [0.5, 0.6) is 0 Å². The lowest BCUT2D eigenvalue weighted by Gasteiger charge is -2.18. The van der Waals surface area contributed by atoms with Gasteiger partial charge in [0.15, 0.2) is 6.10 Å². The predicted molar refractivity (Wildman–Crippen MR) is 261 cm³/mol. The van der Waals surface area contributed by atoms with Gasteiger partial charge in [0.05, 0.1) is 0 Å². The minimum atomic E-state index is -0.766. The first kappa shape index (κ1) is 59.1. The highest BCUT2D eigenvalue weighted by Gasteiger charge is 2.19. The zero-order valence-corrected chi connectivity index (χ0v) is 41.2. The van der Waals surface area contributed by atoms with Gasteiger partial charge < -0.3 is 14.2 Å². The predicted octanol–water partition coefficient (Wildman–Crippen LogP) is 17.8. The molecule has 0 radical (unpaired) electrons. The molecule has 0 saturated heterocycles. The normalized spacial score (nSPS) is 12.0. The zero-order valence-electron chi connectivity index (χ0n) is 41.2. The molecule has 0 N–H and O–H groups in total. The van der Waals surface area contributed by atoms with Crippen LogP contribution in [0.2, 0.25) is 0 Å². The van der Waals surface area contributed by atoms with Crippen LogP contribution in [0, 0.1) is 0 Å². The molecule has 1 atom stereocenters. The third kappa shape index (κ3) is 49.0. The minimum Gasteiger partial charge on any atom is -0.462 e. The van der Waals surface area contributed by atoms with Crippen molar-refractivity contribution in [2.24, 2.45) is 0 Å². The Morgan fingerprint density at radius 3 is 0.820 bits per heavy atom. The van der Waals surface area contributed by atoms with Crippen molar-refractivity contribution < 1.29 is 28.6 Å². The molecule has 0 fully saturated rings. The van der Waals surface area contributed by atoms with Gasteiger partial charge in [0.1, 0.15) is 13.2 Å². The molecule has 0 heterocycles. The Balaban J connectivity index is 4.33. The van der Waals surface area contributed by atoms with E-state index in [1.165, 1.54) is 199 Å². The molecule has 0 unspecified atom stereocenters. The second kappa shape index (κ2) is 50.8. The fraction of sp³-hybridized carbons (Fsp3) is 0.909. The number of carbonyl (C=O) groups excluding carboxylic acids is 3. The van der Waals surface area contributed by atoms with Crippen molar-refractivity contribution in [3.63, 3.8) is 0 Å². The molecule has 0 aromatic rings. The van der Waals surface area contributed by atoms with Gasteiger partial charge in [0, 0.05) is 19.3 Å². The number of ether oxygens (including phenoxy) is 3. The molecule has 0 bridgehead atoms. The van der Waals surface area contributed by atoms with E-state index < -0.39 is 6.10 Å². The van der Waals surface area contributed by atoms with Crippen LogP contribution in [0.25, 0.3) is 0 Å². The van der Waals surface area contributed by atoms with Gasteiger partial charge in [-0.25, -0.2) is 0 Å². The number of rotatable bonds is 50. The first-order chi connectivity index (χ1) is 30.0. The van der Waals surface area contributed by atoms with Crippen molar-refractivity contribution in [3.05, 3.63) is 12.2 Å². The smallest absolute Gasteiger partial charge is 0.306 e. The van der Waals surface area contributed by atoms with E-state index in [9.17, 15) is 14.4 Å². The lowest BCUT2D eigenvalue weighted by molar-refractivity contribution is -0.167. The first-order valence-corrected chi connectivity index (χ1v) is 27.2. The molecule has 0 spiro atoms. The van der Waals surface area contributed by atoms with E-state index in [0.29, 0.717) is 19.3 Å². The fourth-order valence-corrected chi connectivity index (χ4v) is 8.14. The highest BCUT2D eigenvalue weighted by atomic mass is 16.6. The second-order valence-corrected chi connectivity index (χ2v) is 18.5. The lowest BCUT2D eigenvalue weighted by Crippen LogP contribution is -2.30. The quantitative estimate of drug-likeness (QED) is 0.0262. The third-order valence-electron chi connectivity index (χ3n) is 12.3. The number of carbonyl (C=O) groups is 3. The Morgan fingerprint density at radius 2 is 0.541 bits per heavy atom. The SMILES string of the molecule is CCCCCCCCC/C=C\CCCCCCCC(=O)OC[C@@H](COC(=O)CCCCCCCCCCCCCCC)OC(=O)CCCCCCCCCCCCCCCC. The maximum atomic E-state index is 12.8. The average Bonchev–Trinajstić information content (AvgIpc) is 3.26. The Morgan fingerprint density at radius 1 is 0.311 bits per heavy atom. The second-order valence-electron chi connectivity index (χ2n) is 18.5. The topological polar surface area (TPSA) is 78.9 Å². The van der Waals surface area contributed by atoms with Gasteiger partial charge in [-0.3, -0.25) is 14.4 Å². The summed E-state index contributed by atoms with van der Waals surface area (Å²) in [4.78, 5) is 38.0. The van der Waals surface area contributed by atoms with Gasteiger partial charge in [-0.2, -0.15) is 0 Å². The van der Waals surface area contributed by atoms with Gasteiger partial charge in [-0.1, -0.05) is 251 Å². The number of esters is 3. The van der Waals surface area contributed by atoms with E-state index in [4.69, 9.17) is 14.2 Å². The largest absolute Gasteiger partial charge is 0.462 e. The summed E-state index contributed by atoms with van der Waals surface area (Å²) in [6.07, 6.45) is 56.2. The molecule has 360 valence electrons. The maximum absolute atomic E-state index is 12.8. The molecule has 6 nitrogen and oxygen atoms in total. The van der Waals surface area contributed by atoms with E-state index in [1.54, 1.807) is 0 Å². The first-order valence-electron chi connectivity index (χ1n) is 27.2. The van der Waals surface area contributed by atoms with Gasteiger partial charge in [-0.15, -0.1) is 0 Å². The van der Waals surface area contributed by atoms with Gasteiger partial charge in [-0.05, 0) is 44.9 Å². The summed E-state index contributed by atoms with van der Waals surface area (Å²) in [6.45, 7) is 6.67. The van der Waals surface area contributed by atoms with Crippen molar-refractivity contribution >= 4 is 17.9 Å². The van der Waals surface area contributed by atoms with Crippen LogP contribution in [-0.2, 0) is 28.6 Å². The van der Waals surface area contributed by atoms with E-state index in [1.807, 2.05) is 0 Å². The summed E-state index contributed by atoms with van der Waals surface area (Å²) >= 11 is 0. The van der Waals surface area contributed by atoms with Crippen LogP contribution < -0.4 is 0 Å². The Labute approximate surface area is 380 Å². The summed E-state index contributed by atoms with van der Waals surface area (Å²) in [5.74, 6) is -0.856. The van der Waals surface area contributed by atoms with Crippen LogP contribution in [0.3, 0.4) is 0 Å². The summed E-state index contributed by atoms with van der Waals surface area (Å²) in [5, 5.41) is 0. The van der Waals surface area contributed by atoms with Crippen LogP contribution in [0.1, 0.15) is 303 Å². The fourth-order valence-electron chi connectivity index (χ4n) is 8.14. The molecule has 0 aliphatic rings. The molecule has 0 aromatic carbocycles. The summed E-state index contributed by atoms with van der Waals surface area (Å²) < 4.78 is 16.8. The van der Waals surface area contributed by atoms with E-state index in [0.717, 1.165) is 64.2 Å². The standard InChI is InChI=1S/C55H104O6/c1-4-7-10-13-16-19-22-25-27-28-31-33-36-39-42-45-48-54(57)60-51-52(50-59-53(56)47-44-41-38-35-32-29-24-21-18-15-12-9-6-3)61-55(58)49-46-43-40-37-34-30-26-23-20-17-14-11-8-5-2/h27-28,52H,4-26,29-51H2,1-3H3/b28-27-/t52-/m1/s1. The Hall–Kier alpha value is -1.85. The third-order valence-corrected chi connectivity index (χ3v) is 12.3. The molecular weight excluding hydrogens is 757 g/mol. The van der Waals surface area contributed by atoms with Crippen molar-refractivity contribution in [2.45, 2.75) is 309 Å². The molecule has 0 saturated carbocycles. The van der Waals surface area contributed by atoms with Crippen molar-refractivity contribution in [2.75, 3.05) is 13.2 Å². The summed E-state index contributed by atoms with van der Waals surface area (Å²) in [6, 6.07) is 0. The zero-order chi connectivity index (χ0) is 44.4. The Bertz CT molecular complexity index is 947. The number of allylic oxidation sites excluding steroid dienone is 2. The lowest BCUT2D eigenvalue weighted by atomic mass is 10.0. The van der Waals surface area contributed by atoms with E-state index in [2.05, 4.69) is 32.9 Å².